The molecule has 164 valence electrons. The fourth-order valence-corrected chi connectivity index (χ4v) is 5.07. The molecule has 0 atom stereocenters. The van der Waals surface area contributed by atoms with Crippen LogP contribution in [0, 0.1) is 6.92 Å². The molecule has 0 saturated heterocycles. The normalized spacial score (nSPS) is 11.1. The van der Waals surface area contributed by atoms with Gasteiger partial charge in [0, 0.05) is 5.02 Å². The molecule has 0 radical (unpaired) electrons. The highest BCUT2D eigenvalue weighted by molar-refractivity contribution is 7.22. The number of benzene rings is 4. The highest BCUT2D eigenvalue weighted by atomic mass is 35.5. The summed E-state index contributed by atoms with van der Waals surface area (Å²) in [7, 11) is 1.59. The Kier molecular flexibility index (Phi) is 5.75. The molecular weight excluding hydrogens is 452 g/mol. The molecule has 0 saturated carbocycles. The Balaban J connectivity index is 1.65. The number of hydrogen-bond donors (Lipinski definition) is 0. The van der Waals surface area contributed by atoms with E-state index in [0.717, 1.165) is 32.1 Å². The van der Waals surface area contributed by atoms with Gasteiger partial charge in [-0.3, -0.25) is 9.69 Å². The lowest BCUT2D eigenvalue weighted by atomic mass is 10.0. The van der Waals surface area contributed by atoms with Crippen molar-refractivity contribution in [3.63, 3.8) is 0 Å². The van der Waals surface area contributed by atoms with Crippen LogP contribution >= 0.6 is 22.9 Å². The first kappa shape index (κ1) is 21.4. The monoisotopic (exact) mass is 472 g/mol. The predicted molar refractivity (Wildman–Crippen MR) is 137 cm³/mol. The zero-order chi connectivity index (χ0) is 22.9. The lowest BCUT2D eigenvalue weighted by molar-refractivity contribution is 0.0982. The van der Waals surface area contributed by atoms with Gasteiger partial charge in [-0.15, -0.1) is 0 Å². The highest BCUT2D eigenvalue weighted by Crippen LogP contribution is 2.36. The van der Waals surface area contributed by atoms with Crippen LogP contribution in [0.4, 0.5) is 5.13 Å². The van der Waals surface area contributed by atoms with Gasteiger partial charge in [0.2, 0.25) is 0 Å². The molecule has 5 rings (SSSR count). The third kappa shape index (κ3) is 4.06. The Labute approximate surface area is 201 Å². The van der Waals surface area contributed by atoms with E-state index in [4.69, 9.17) is 21.3 Å². The molecule has 5 aromatic rings. The van der Waals surface area contributed by atoms with Gasteiger partial charge in [0.1, 0.15) is 5.75 Å². The van der Waals surface area contributed by atoms with E-state index in [1.54, 1.807) is 12.0 Å². The number of rotatable bonds is 5. The summed E-state index contributed by atoms with van der Waals surface area (Å²) < 4.78 is 6.61. The third-order valence-electron chi connectivity index (χ3n) is 5.69. The van der Waals surface area contributed by atoms with Gasteiger partial charge < -0.3 is 4.74 Å². The average molecular weight is 473 g/mol. The van der Waals surface area contributed by atoms with Crippen molar-refractivity contribution in [3.05, 3.63) is 101 Å². The maximum absolute atomic E-state index is 14.0. The first-order chi connectivity index (χ1) is 16.0. The maximum Gasteiger partial charge on any atom is 0.264 e. The summed E-state index contributed by atoms with van der Waals surface area (Å²) in [6.07, 6.45) is 0. The number of carbonyl (C=O) groups excluding carboxylic acids is 1. The van der Waals surface area contributed by atoms with Crippen LogP contribution in [-0.2, 0) is 6.54 Å². The Morgan fingerprint density at radius 3 is 2.42 bits per heavy atom. The van der Waals surface area contributed by atoms with Gasteiger partial charge in [0.15, 0.2) is 5.13 Å². The van der Waals surface area contributed by atoms with E-state index in [1.807, 2.05) is 85.8 Å². The molecule has 0 N–H and O–H groups in total. The van der Waals surface area contributed by atoms with E-state index in [2.05, 4.69) is 0 Å². The molecule has 4 aromatic carbocycles. The van der Waals surface area contributed by atoms with E-state index in [9.17, 15) is 4.79 Å². The smallest absolute Gasteiger partial charge is 0.264 e. The van der Waals surface area contributed by atoms with Crippen molar-refractivity contribution < 1.29 is 9.53 Å². The predicted octanol–water partition coefficient (Wildman–Crippen LogP) is 7.27. The van der Waals surface area contributed by atoms with Crippen molar-refractivity contribution in [1.29, 1.82) is 0 Å². The third-order valence-corrected chi connectivity index (χ3v) is 7.15. The maximum atomic E-state index is 14.0. The van der Waals surface area contributed by atoms with Crippen molar-refractivity contribution >= 4 is 55.0 Å². The summed E-state index contributed by atoms with van der Waals surface area (Å²) in [5.41, 5.74) is 3.24. The van der Waals surface area contributed by atoms with Gasteiger partial charge in [-0.1, -0.05) is 77.5 Å². The zero-order valence-electron chi connectivity index (χ0n) is 18.2. The van der Waals surface area contributed by atoms with Gasteiger partial charge in [0.05, 0.1) is 29.4 Å². The molecule has 0 unspecified atom stereocenters. The van der Waals surface area contributed by atoms with E-state index in [1.165, 1.54) is 11.3 Å². The van der Waals surface area contributed by atoms with Gasteiger partial charge in [-0.05, 0) is 53.1 Å². The van der Waals surface area contributed by atoms with E-state index in [-0.39, 0.29) is 5.91 Å². The SMILES string of the molecule is COc1cc2ccccc2cc1C(=O)N(Cc1ccccc1)c1nc2c(C)c(Cl)ccc2s1. The number of fused-ring (bicyclic) bond motifs is 2. The molecule has 0 aliphatic carbocycles. The van der Waals surface area contributed by atoms with Crippen LogP contribution in [0.15, 0.2) is 78.9 Å². The molecule has 1 heterocycles. The fourth-order valence-electron chi connectivity index (χ4n) is 3.90. The molecule has 0 aliphatic heterocycles. The molecule has 4 nitrogen and oxygen atoms in total. The largest absolute Gasteiger partial charge is 0.496 e. The summed E-state index contributed by atoms with van der Waals surface area (Å²) >= 11 is 7.81. The number of methoxy groups -OCH3 is 1. The fraction of sp³-hybridized carbons (Fsp3) is 0.111. The number of aryl methyl sites for hydroxylation is 1. The number of halogens is 1. The molecule has 0 fully saturated rings. The Morgan fingerprint density at radius 2 is 1.70 bits per heavy atom. The minimum absolute atomic E-state index is 0.163. The van der Waals surface area contributed by atoms with E-state index >= 15 is 0 Å². The molecule has 6 heteroatoms. The van der Waals surface area contributed by atoms with Gasteiger partial charge >= 0.3 is 0 Å². The first-order valence-electron chi connectivity index (χ1n) is 10.5. The van der Waals surface area contributed by atoms with Crippen LogP contribution in [0.1, 0.15) is 21.5 Å². The number of ether oxygens (including phenoxy) is 1. The highest BCUT2D eigenvalue weighted by Gasteiger charge is 2.25. The van der Waals surface area contributed by atoms with Crippen LogP contribution in [0.25, 0.3) is 21.0 Å². The number of aromatic nitrogens is 1. The molecule has 0 bridgehead atoms. The Morgan fingerprint density at radius 1 is 1.00 bits per heavy atom. The standard InChI is InChI=1S/C27H21ClN2O2S/c1-17-22(28)12-13-24-25(17)29-27(33-24)30(16-18-8-4-3-5-9-18)26(31)21-14-19-10-6-7-11-20(19)15-23(21)32-2/h3-15H,16H2,1-2H3. The topological polar surface area (TPSA) is 42.4 Å². The number of hydrogen-bond acceptors (Lipinski definition) is 4. The van der Waals surface area contributed by atoms with Crippen molar-refractivity contribution in [2.45, 2.75) is 13.5 Å². The summed E-state index contributed by atoms with van der Waals surface area (Å²) in [4.78, 5) is 20.5. The van der Waals surface area contributed by atoms with Crippen LogP contribution in [0.3, 0.4) is 0 Å². The van der Waals surface area contributed by atoms with Gasteiger partial charge in [0.25, 0.3) is 5.91 Å². The van der Waals surface area contributed by atoms with Crippen LogP contribution in [0.5, 0.6) is 5.75 Å². The average Bonchev–Trinajstić information content (AvgIpc) is 3.29. The molecular formula is C27H21ClN2O2S. The van der Waals surface area contributed by atoms with Crippen molar-refractivity contribution in [2.75, 3.05) is 12.0 Å². The van der Waals surface area contributed by atoms with Crippen LogP contribution in [0.2, 0.25) is 5.02 Å². The number of nitrogens with zero attached hydrogens (tertiary/aromatic N) is 2. The lowest BCUT2D eigenvalue weighted by Crippen LogP contribution is -2.30. The quantitative estimate of drug-likeness (QED) is 0.270. The Bertz CT molecular complexity index is 1480. The van der Waals surface area contributed by atoms with Crippen molar-refractivity contribution in [1.82, 2.24) is 4.98 Å². The van der Waals surface area contributed by atoms with Crippen LogP contribution < -0.4 is 9.64 Å². The minimum atomic E-state index is -0.163. The second-order valence-corrected chi connectivity index (χ2v) is 9.21. The summed E-state index contributed by atoms with van der Waals surface area (Å²) in [5.74, 6) is 0.376. The minimum Gasteiger partial charge on any atom is -0.496 e. The number of anilines is 1. The van der Waals surface area contributed by atoms with Gasteiger partial charge in [-0.2, -0.15) is 0 Å². The first-order valence-corrected chi connectivity index (χ1v) is 11.7. The van der Waals surface area contributed by atoms with Crippen LogP contribution in [-0.4, -0.2) is 18.0 Å². The molecule has 1 aromatic heterocycles. The van der Waals surface area contributed by atoms with Crippen molar-refractivity contribution in [2.24, 2.45) is 0 Å². The molecule has 33 heavy (non-hydrogen) atoms. The van der Waals surface area contributed by atoms with E-state index < -0.39 is 0 Å². The van der Waals surface area contributed by atoms with E-state index in [0.29, 0.717) is 28.0 Å². The molecule has 1 amide bonds. The Hall–Kier alpha value is -3.41. The number of thiazole rings is 1. The number of carbonyl (C=O) groups is 1. The van der Waals surface area contributed by atoms with Crippen molar-refractivity contribution in [3.8, 4) is 5.75 Å². The molecule has 0 spiro atoms. The second kappa shape index (κ2) is 8.85. The zero-order valence-corrected chi connectivity index (χ0v) is 19.8. The summed E-state index contributed by atoms with van der Waals surface area (Å²) in [5, 5.41) is 3.29. The summed E-state index contributed by atoms with van der Waals surface area (Å²) in [6, 6.07) is 25.5. The lowest BCUT2D eigenvalue weighted by Gasteiger charge is -2.21. The van der Waals surface area contributed by atoms with Gasteiger partial charge in [-0.25, -0.2) is 4.98 Å². The molecule has 0 aliphatic rings. The second-order valence-electron chi connectivity index (χ2n) is 7.79. The summed E-state index contributed by atoms with van der Waals surface area (Å²) in [6.45, 7) is 2.34. The number of amides is 1.